The molecule has 0 amide bonds. The lowest BCUT2D eigenvalue weighted by molar-refractivity contribution is 0.262. The van der Waals surface area contributed by atoms with Gasteiger partial charge in [-0.05, 0) is 43.3 Å². The van der Waals surface area contributed by atoms with Gasteiger partial charge in [-0.2, -0.15) is 0 Å². The zero-order valence-corrected chi connectivity index (χ0v) is 17.8. The molecular weight excluding hydrogens is 390 g/mol. The van der Waals surface area contributed by atoms with Crippen LogP contribution in [-0.4, -0.2) is 66.3 Å². The van der Waals surface area contributed by atoms with E-state index in [0.29, 0.717) is 25.4 Å². The lowest BCUT2D eigenvalue weighted by Crippen LogP contribution is -2.48. The molecule has 0 aliphatic carbocycles. The molecule has 1 N–H and O–H groups in total. The highest BCUT2D eigenvalue weighted by Gasteiger charge is 2.21. The number of sulfonamides is 1. The maximum atomic E-state index is 12.6. The fraction of sp³-hybridized carbons (Fsp3) is 0.429. The van der Waals surface area contributed by atoms with Gasteiger partial charge < -0.3 is 14.4 Å². The second-order valence-electron chi connectivity index (χ2n) is 6.80. The van der Waals surface area contributed by atoms with Crippen LogP contribution in [0.3, 0.4) is 0 Å². The summed E-state index contributed by atoms with van der Waals surface area (Å²) in [5.74, 6) is 1.24. The number of hydrogen-bond donors (Lipinski definition) is 1. The highest BCUT2D eigenvalue weighted by molar-refractivity contribution is 7.89. The van der Waals surface area contributed by atoms with E-state index in [-0.39, 0.29) is 4.90 Å². The van der Waals surface area contributed by atoms with Gasteiger partial charge in [-0.15, -0.1) is 0 Å². The molecular formula is C21H29N3O4S. The number of rotatable bonds is 9. The number of methoxy groups -OCH3 is 1. The second kappa shape index (κ2) is 9.96. The smallest absolute Gasteiger partial charge is 0.244 e. The zero-order valence-electron chi connectivity index (χ0n) is 17.0. The molecule has 2 aromatic rings. The SMILES string of the molecule is CCOc1ccccc1S(=O)(=O)NCCN1CCN(c2ccc(OC)cc2)CC1. The predicted octanol–water partition coefficient (Wildman–Crippen LogP) is 2.19. The Morgan fingerprint density at radius 2 is 1.69 bits per heavy atom. The molecule has 0 bridgehead atoms. The number of para-hydroxylation sites is 1. The molecule has 158 valence electrons. The van der Waals surface area contributed by atoms with Gasteiger partial charge in [0.25, 0.3) is 0 Å². The lowest BCUT2D eigenvalue weighted by atomic mass is 10.2. The first-order chi connectivity index (χ1) is 14.0. The van der Waals surface area contributed by atoms with Crippen molar-refractivity contribution in [3.8, 4) is 11.5 Å². The van der Waals surface area contributed by atoms with Crippen LogP contribution in [0.25, 0.3) is 0 Å². The fourth-order valence-corrected chi connectivity index (χ4v) is 4.55. The summed E-state index contributed by atoms with van der Waals surface area (Å²) < 4.78 is 38.6. The van der Waals surface area contributed by atoms with Crippen molar-refractivity contribution in [3.63, 3.8) is 0 Å². The van der Waals surface area contributed by atoms with Crippen molar-refractivity contribution in [2.45, 2.75) is 11.8 Å². The minimum Gasteiger partial charge on any atom is -0.497 e. The molecule has 1 aliphatic heterocycles. The van der Waals surface area contributed by atoms with Gasteiger partial charge in [0.1, 0.15) is 16.4 Å². The Balaban J connectivity index is 1.48. The third-order valence-electron chi connectivity index (χ3n) is 4.97. The molecule has 2 aromatic carbocycles. The van der Waals surface area contributed by atoms with E-state index in [9.17, 15) is 8.42 Å². The molecule has 0 unspecified atom stereocenters. The van der Waals surface area contributed by atoms with Crippen LogP contribution in [0.2, 0.25) is 0 Å². The first-order valence-corrected chi connectivity index (χ1v) is 11.3. The Morgan fingerprint density at radius 1 is 1.00 bits per heavy atom. The van der Waals surface area contributed by atoms with Gasteiger partial charge in [0.2, 0.25) is 10.0 Å². The molecule has 3 rings (SSSR count). The number of nitrogens with zero attached hydrogens (tertiary/aromatic N) is 2. The second-order valence-corrected chi connectivity index (χ2v) is 8.54. The van der Waals surface area contributed by atoms with Crippen LogP contribution in [0.1, 0.15) is 6.92 Å². The first-order valence-electron chi connectivity index (χ1n) is 9.86. The molecule has 1 aliphatic rings. The largest absolute Gasteiger partial charge is 0.497 e. The maximum Gasteiger partial charge on any atom is 0.244 e. The lowest BCUT2D eigenvalue weighted by Gasteiger charge is -2.36. The molecule has 0 saturated carbocycles. The molecule has 1 saturated heterocycles. The number of nitrogens with one attached hydrogen (secondary N) is 1. The Kier molecular flexibility index (Phi) is 7.35. The van der Waals surface area contributed by atoms with Crippen LogP contribution in [0.15, 0.2) is 53.4 Å². The van der Waals surface area contributed by atoms with E-state index in [0.717, 1.165) is 31.9 Å². The van der Waals surface area contributed by atoms with Crippen LogP contribution in [-0.2, 0) is 10.0 Å². The van der Waals surface area contributed by atoms with Crippen molar-refractivity contribution < 1.29 is 17.9 Å². The third-order valence-corrected chi connectivity index (χ3v) is 6.47. The molecule has 0 radical (unpaired) electrons. The number of ether oxygens (including phenoxy) is 2. The van der Waals surface area contributed by atoms with Crippen LogP contribution in [0, 0.1) is 0 Å². The van der Waals surface area contributed by atoms with E-state index in [1.165, 1.54) is 5.69 Å². The van der Waals surface area contributed by atoms with Crippen LogP contribution >= 0.6 is 0 Å². The van der Waals surface area contributed by atoms with Crippen molar-refractivity contribution in [3.05, 3.63) is 48.5 Å². The van der Waals surface area contributed by atoms with Gasteiger partial charge in [-0.3, -0.25) is 4.90 Å². The number of piperazine rings is 1. The van der Waals surface area contributed by atoms with Gasteiger partial charge in [-0.1, -0.05) is 12.1 Å². The summed E-state index contributed by atoms with van der Waals surface area (Å²) in [7, 11) is -1.93. The summed E-state index contributed by atoms with van der Waals surface area (Å²) in [5.41, 5.74) is 1.18. The molecule has 7 nitrogen and oxygen atoms in total. The summed E-state index contributed by atoms with van der Waals surface area (Å²) in [5, 5.41) is 0. The van der Waals surface area contributed by atoms with Crippen LogP contribution in [0.4, 0.5) is 5.69 Å². The molecule has 1 fully saturated rings. The average Bonchev–Trinajstić information content (AvgIpc) is 2.75. The normalized spacial score (nSPS) is 15.3. The molecule has 0 atom stereocenters. The van der Waals surface area contributed by atoms with Gasteiger partial charge in [0.15, 0.2) is 0 Å². The minimum atomic E-state index is -3.60. The number of hydrogen-bond acceptors (Lipinski definition) is 6. The molecule has 8 heteroatoms. The quantitative estimate of drug-likeness (QED) is 0.672. The Hall–Kier alpha value is -2.29. The van der Waals surface area contributed by atoms with E-state index in [1.807, 2.05) is 19.1 Å². The van der Waals surface area contributed by atoms with E-state index >= 15 is 0 Å². The van der Waals surface area contributed by atoms with Crippen LogP contribution in [0.5, 0.6) is 11.5 Å². The standard InChI is InChI=1S/C21H29N3O4S/c1-3-28-20-6-4-5-7-21(20)29(25,26)22-12-13-23-14-16-24(17-15-23)18-8-10-19(27-2)11-9-18/h4-11,22H,3,12-17H2,1-2H3. The Morgan fingerprint density at radius 3 is 2.34 bits per heavy atom. The van der Waals surface area contributed by atoms with Gasteiger partial charge >= 0.3 is 0 Å². The van der Waals surface area contributed by atoms with Crippen molar-refractivity contribution in [2.24, 2.45) is 0 Å². The van der Waals surface area contributed by atoms with E-state index in [2.05, 4.69) is 26.7 Å². The number of benzene rings is 2. The predicted molar refractivity (Wildman–Crippen MR) is 114 cm³/mol. The van der Waals surface area contributed by atoms with Gasteiger partial charge in [0, 0.05) is 45.0 Å². The molecule has 29 heavy (non-hydrogen) atoms. The summed E-state index contributed by atoms with van der Waals surface area (Å²) in [6.45, 7) is 6.90. The Labute approximate surface area is 173 Å². The van der Waals surface area contributed by atoms with Gasteiger partial charge in [0.05, 0.1) is 13.7 Å². The van der Waals surface area contributed by atoms with E-state index in [4.69, 9.17) is 9.47 Å². The molecule has 0 aromatic heterocycles. The average molecular weight is 420 g/mol. The van der Waals surface area contributed by atoms with Crippen molar-refractivity contribution in [1.29, 1.82) is 0 Å². The summed E-state index contributed by atoms with van der Waals surface area (Å²) >= 11 is 0. The molecule has 0 spiro atoms. The van der Waals surface area contributed by atoms with E-state index < -0.39 is 10.0 Å². The monoisotopic (exact) mass is 419 g/mol. The summed E-state index contributed by atoms with van der Waals surface area (Å²) in [4.78, 5) is 4.79. The molecule has 1 heterocycles. The Bertz CT molecular complexity index is 879. The first kappa shape index (κ1) is 21.4. The zero-order chi connectivity index (χ0) is 20.7. The van der Waals surface area contributed by atoms with Crippen LogP contribution < -0.4 is 19.1 Å². The minimum absolute atomic E-state index is 0.186. The van der Waals surface area contributed by atoms with Crippen molar-refractivity contribution in [1.82, 2.24) is 9.62 Å². The highest BCUT2D eigenvalue weighted by atomic mass is 32.2. The van der Waals surface area contributed by atoms with Gasteiger partial charge in [-0.25, -0.2) is 13.1 Å². The van der Waals surface area contributed by atoms with Crippen molar-refractivity contribution >= 4 is 15.7 Å². The maximum absolute atomic E-state index is 12.6. The van der Waals surface area contributed by atoms with E-state index in [1.54, 1.807) is 31.4 Å². The highest BCUT2D eigenvalue weighted by Crippen LogP contribution is 2.23. The van der Waals surface area contributed by atoms with Crippen molar-refractivity contribution in [2.75, 3.05) is 57.9 Å². The summed E-state index contributed by atoms with van der Waals surface area (Å²) in [6, 6.07) is 14.8. The fourth-order valence-electron chi connectivity index (χ4n) is 3.39. The topological polar surface area (TPSA) is 71.1 Å². The number of anilines is 1. The third kappa shape index (κ3) is 5.62. The summed E-state index contributed by atoms with van der Waals surface area (Å²) in [6.07, 6.45) is 0.